The first-order valence-electron chi connectivity index (χ1n) is 9.29. The third kappa shape index (κ3) is 3.77. The summed E-state index contributed by atoms with van der Waals surface area (Å²) in [7, 11) is 1.29. The smallest absolute Gasteiger partial charge is 0.452 e. The van der Waals surface area contributed by atoms with E-state index in [-0.39, 0.29) is 12.3 Å². The first-order valence-corrected chi connectivity index (χ1v) is 9.29. The molecule has 6 nitrogen and oxygen atoms in total. The van der Waals surface area contributed by atoms with E-state index in [1.807, 2.05) is 19.1 Å². The molecule has 0 amide bonds. The van der Waals surface area contributed by atoms with E-state index in [0.29, 0.717) is 16.7 Å². The highest BCUT2D eigenvalue weighted by Gasteiger charge is 2.38. The first-order chi connectivity index (χ1) is 14.1. The number of carbonyl (C=O) groups excluding carboxylic acids is 1. The molecule has 2 atom stereocenters. The predicted molar refractivity (Wildman–Crippen MR) is 103 cm³/mol. The van der Waals surface area contributed by atoms with Crippen LogP contribution in [0.15, 0.2) is 30.5 Å². The normalized spacial score (nSPS) is 14.0. The van der Waals surface area contributed by atoms with Crippen LogP contribution in [0.2, 0.25) is 0 Å². The van der Waals surface area contributed by atoms with Gasteiger partial charge in [0.2, 0.25) is 5.82 Å². The Morgan fingerprint density at radius 2 is 1.93 bits per heavy atom. The van der Waals surface area contributed by atoms with Crippen molar-refractivity contribution in [3.63, 3.8) is 0 Å². The average Bonchev–Trinajstić information content (AvgIpc) is 3.15. The maximum Gasteiger partial charge on any atom is 0.452 e. The van der Waals surface area contributed by atoms with Gasteiger partial charge in [0.1, 0.15) is 0 Å². The Bertz CT molecular complexity index is 1090. The average molecular weight is 421 g/mol. The van der Waals surface area contributed by atoms with E-state index in [4.69, 9.17) is 4.74 Å². The Hall–Kier alpha value is -2.94. The summed E-state index contributed by atoms with van der Waals surface area (Å²) in [6.45, 7) is 5.04. The van der Waals surface area contributed by atoms with Gasteiger partial charge in [-0.1, -0.05) is 25.1 Å². The summed E-state index contributed by atoms with van der Waals surface area (Å²) in [6.07, 6.45) is -3.38. The van der Waals surface area contributed by atoms with Crippen molar-refractivity contribution in [3.05, 3.63) is 64.1 Å². The molecular formula is C21H22F3N3O3. The zero-order chi connectivity index (χ0) is 22.2. The Kier molecular flexibility index (Phi) is 5.85. The number of ether oxygens (including phenoxy) is 1. The molecule has 0 saturated heterocycles. The molecule has 0 aliphatic heterocycles. The number of methoxy groups -OCH3 is 1. The highest BCUT2D eigenvalue weighted by molar-refractivity contribution is 5.74. The number of rotatable bonds is 5. The van der Waals surface area contributed by atoms with Gasteiger partial charge in [-0.25, -0.2) is 0 Å². The topological polar surface area (TPSA) is 76.7 Å². The molecule has 0 fully saturated rings. The molecule has 3 rings (SSSR count). The summed E-state index contributed by atoms with van der Waals surface area (Å²) in [6, 6.07) is 7.02. The van der Waals surface area contributed by atoms with Crippen LogP contribution in [0.3, 0.4) is 0 Å². The number of hydrogen-bond donors (Lipinski definition) is 1. The quantitative estimate of drug-likeness (QED) is 0.635. The minimum absolute atomic E-state index is 0.0661. The van der Waals surface area contributed by atoms with Crippen LogP contribution >= 0.6 is 0 Å². The molecular weight excluding hydrogens is 399 g/mol. The van der Waals surface area contributed by atoms with E-state index < -0.39 is 29.8 Å². The number of esters is 1. The first kappa shape index (κ1) is 21.8. The van der Waals surface area contributed by atoms with Gasteiger partial charge in [-0.2, -0.15) is 13.2 Å². The second kappa shape index (κ2) is 8.06. The maximum absolute atomic E-state index is 13.2. The molecule has 1 aromatic carbocycles. The number of aromatic nitrogens is 3. The second-order valence-electron chi connectivity index (χ2n) is 7.24. The van der Waals surface area contributed by atoms with Crippen molar-refractivity contribution in [1.82, 2.24) is 14.6 Å². The van der Waals surface area contributed by atoms with E-state index >= 15 is 0 Å². The van der Waals surface area contributed by atoms with Gasteiger partial charge < -0.3 is 9.84 Å². The van der Waals surface area contributed by atoms with Gasteiger partial charge in [-0.3, -0.25) is 9.20 Å². The molecule has 0 radical (unpaired) electrons. The summed E-state index contributed by atoms with van der Waals surface area (Å²) in [5.74, 6) is -2.71. The zero-order valence-corrected chi connectivity index (χ0v) is 17.0. The molecule has 30 heavy (non-hydrogen) atoms. The van der Waals surface area contributed by atoms with E-state index in [0.717, 1.165) is 15.5 Å². The summed E-state index contributed by atoms with van der Waals surface area (Å²) in [5, 5.41) is 16.7. The molecule has 3 aromatic rings. The van der Waals surface area contributed by atoms with Crippen LogP contribution in [0.4, 0.5) is 13.2 Å². The van der Waals surface area contributed by atoms with Crippen molar-refractivity contribution < 1.29 is 27.8 Å². The number of alkyl halides is 3. The molecule has 0 bridgehead atoms. The molecule has 0 saturated carbocycles. The standard InChI is InChI=1S/C21H22F3N3O3/c1-11-5-6-14(9-15(11)10-28)17(13(3)19(29)30-4)16-7-8-27-18(12(16)2)25-26-20(27)21(22,23)24/h5-9,13,17,28H,10H2,1-4H3/t13-,17-/m1/s1. The number of hydrogen-bond acceptors (Lipinski definition) is 5. The van der Waals surface area contributed by atoms with Crippen molar-refractivity contribution in [3.8, 4) is 0 Å². The summed E-state index contributed by atoms with van der Waals surface area (Å²) < 4.78 is 45.4. The molecule has 0 aliphatic rings. The number of pyridine rings is 1. The number of benzene rings is 1. The minimum Gasteiger partial charge on any atom is -0.469 e. The number of aliphatic hydroxyl groups excluding tert-OH is 1. The lowest BCUT2D eigenvalue weighted by Crippen LogP contribution is -2.23. The Morgan fingerprint density at radius 1 is 1.23 bits per heavy atom. The molecule has 0 aliphatic carbocycles. The molecule has 9 heteroatoms. The predicted octanol–water partition coefficient (Wildman–Crippen LogP) is 3.80. The number of halogens is 3. The van der Waals surface area contributed by atoms with Crippen molar-refractivity contribution in [2.75, 3.05) is 7.11 Å². The molecule has 0 unspecified atom stereocenters. The van der Waals surface area contributed by atoms with E-state index in [9.17, 15) is 23.1 Å². The van der Waals surface area contributed by atoms with Gasteiger partial charge >= 0.3 is 12.1 Å². The highest BCUT2D eigenvalue weighted by Crippen LogP contribution is 2.37. The monoisotopic (exact) mass is 421 g/mol. The van der Waals surface area contributed by atoms with Gasteiger partial charge in [-0.05, 0) is 47.7 Å². The van der Waals surface area contributed by atoms with Crippen LogP contribution < -0.4 is 0 Å². The van der Waals surface area contributed by atoms with Crippen LogP contribution in [-0.4, -0.2) is 32.8 Å². The fourth-order valence-electron chi connectivity index (χ4n) is 3.74. The van der Waals surface area contributed by atoms with Crippen molar-refractivity contribution in [2.24, 2.45) is 5.92 Å². The Labute approximate surface area is 171 Å². The van der Waals surface area contributed by atoms with Gasteiger partial charge in [0.15, 0.2) is 5.65 Å². The van der Waals surface area contributed by atoms with Crippen molar-refractivity contribution in [1.29, 1.82) is 0 Å². The van der Waals surface area contributed by atoms with Crippen molar-refractivity contribution >= 4 is 11.6 Å². The zero-order valence-electron chi connectivity index (χ0n) is 17.0. The highest BCUT2D eigenvalue weighted by atomic mass is 19.4. The lowest BCUT2D eigenvalue weighted by Gasteiger charge is -2.26. The van der Waals surface area contributed by atoms with Crippen LogP contribution in [0.1, 0.15) is 46.5 Å². The fourth-order valence-corrected chi connectivity index (χ4v) is 3.74. The second-order valence-corrected chi connectivity index (χ2v) is 7.24. The molecule has 2 heterocycles. The number of aryl methyl sites for hydroxylation is 2. The van der Waals surface area contributed by atoms with E-state index in [1.165, 1.54) is 13.3 Å². The van der Waals surface area contributed by atoms with E-state index in [1.54, 1.807) is 26.0 Å². The fraction of sp³-hybridized carbons (Fsp3) is 0.381. The summed E-state index contributed by atoms with van der Waals surface area (Å²) in [5.41, 5.74) is 3.52. The van der Waals surface area contributed by atoms with Crippen LogP contribution in [0.5, 0.6) is 0 Å². The SMILES string of the molecule is COC(=O)[C@H](C)[C@H](c1ccc(C)c(CO)c1)c1ccn2c(C(F)(F)F)nnc2c1C. The third-order valence-corrected chi connectivity index (χ3v) is 5.43. The largest absolute Gasteiger partial charge is 0.469 e. The summed E-state index contributed by atoms with van der Waals surface area (Å²) >= 11 is 0. The number of nitrogens with zero attached hydrogens (tertiary/aromatic N) is 3. The van der Waals surface area contributed by atoms with Crippen molar-refractivity contribution in [2.45, 2.75) is 39.5 Å². The Balaban J connectivity index is 2.23. The van der Waals surface area contributed by atoms with E-state index in [2.05, 4.69) is 10.2 Å². The molecule has 0 spiro atoms. The maximum atomic E-state index is 13.2. The Morgan fingerprint density at radius 3 is 2.53 bits per heavy atom. The molecule has 1 N–H and O–H groups in total. The minimum atomic E-state index is -4.64. The molecule has 160 valence electrons. The lowest BCUT2D eigenvalue weighted by atomic mass is 9.79. The number of aliphatic hydroxyl groups is 1. The molecule has 2 aromatic heterocycles. The van der Waals surface area contributed by atoms with Crippen LogP contribution in [0, 0.1) is 19.8 Å². The number of carbonyl (C=O) groups is 1. The summed E-state index contributed by atoms with van der Waals surface area (Å²) in [4.78, 5) is 12.4. The van der Waals surface area contributed by atoms with Crippen LogP contribution in [0.25, 0.3) is 5.65 Å². The lowest BCUT2D eigenvalue weighted by molar-refractivity contribution is -0.146. The van der Waals surface area contributed by atoms with Gasteiger partial charge in [0, 0.05) is 12.1 Å². The van der Waals surface area contributed by atoms with Gasteiger partial charge in [0.05, 0.1) is 19.6 Å². The van der Waals surface area contributed by atoms with Crippen LogP contribution in [-0.2, 0) is 22.3 Å². The third-order valence-electron chi connectivity index (χ3n) is 5.43. The number of fused-ring (bicyclic) bond motifs is 1. The van der Waals surface area contributed by atoms with Gasteiger partial charge in [-0.15, -0.1) is 10.2 Å². The van der Waals surface area contributed by atoms with Gasteiger partial charge in [0.25, 0.3) is 0 Å².